The Bertz CT molecular complexity index is 370. The average molecular weight is 295 g/mol. The highest BCUT2D eigenvalue weighted by molar-refractivity contribution is 7.98. The smallest absolute Gasteiger partial charge is 0.310 e. The molecule has 0 aromatic heterocycles. The second-order valence-electron chi connectivity index (χ2n) is 4.90. The number of esters is 1. The van der Waals surface area contributed by atoms with Crippen molar-refractivity contribution < 1.29 is 9.53 Å². The van der Waals surface area contributed by atoms with Gasteiger partial charge in [0, 0.05) is 6.54 Å². The van der Waals surface area contributed by atoms with E-state index in [2.05, 4.69) is 11.6 Å². The van der Waals surface area contributed by atoms with Crippen LogP contribution in [0.25, 0.3) is 0 Å². The van der Waals surface area contributed by atoms with Crippen LogP contribution in [0.5, 0.6) is 0 Å². The van der Waals surface area contributed by atoms with Gasteiger partial charge in [0.25, 0.3) is 0 Å². The maximum absolute atomic E-state index is 11.8. The molecule has 0 fully saturated rings. The minimum absolute atomic E-state index is 0.0979. The fraction of sp³-hybridized carbons (Fsp3) is 0.562. The summed E-state index contributed by atoms with van der Waals surface area (Å²) in [6.45, 7) is 3.92. The number of ether oxygens (including phenoxy) is 1. The monoisotopic (exact) mass is 295 g/mol. The largest absolute Gasteiger partial charge is 0.461 e. The van der Waals surface area contributed by atoms with Crippen LogP contribution in [-0.4, -0.2) is 31.1 Å². The molecular formula is C16H25NO2S. The van der Waals surface area contributed by atoms with Gasteiger partial charge in [-0.2, -0.15) is 11.8 Å². The molecule has 1 rings (SSSR count). The Balaban J connectivity index is 2.10. The number of carbonyl (C=O) groups is 1. The Morgan fingerprint density at radius 1 is 1.30 bits per heavy atom. The van der Waals surface area contributed by atoms with Crippen LogP contribution < -0.4 is 5.32 Å². The molecule has 1 aromatic rings. The number of unbranched alkanes of at least 4 members (excludes halogenated alkanes) is 1. The molecule has 112 valence electrons. The summed E-state index contributed by atoms with van der Waals surface area (Å²) in [6.07, 6.45) is 4.51. The van der Waals surface area contributed by atoms with Crippen molar-refractivity contribution in [2.75, 3.05) is 25.1 Å². The molecule has 0 saturated carbocycles. The summed E-state index contributed by atoms with van der Waals surface area (Å²) in [5.41, 5.74) is 1.03. The molecule has 4 heteroatoms. The van der Waals surface area contributed by atoms with Gasteiger partial charge in [-0.15, -0.1) is 0 Å². The zero-order valence-corrected chi connectivity index (χ0v) is 13.2. The predicted octanol–water partition coefficient (Wildman–Crippen LogP) is 3.10. The quantitative estimate of drug-likeness (QED) is 0.532. The van der Waals surface area contributed by atoms with Gasteiger partial charge >= 0.3 is 5.97 Å². The zero-order valence-electron chi connectivity index (χ0n) is 12.4. The fourth-order valence-corrected chi connectivity index (χ4v) is 2.26. The second kappa shape index (κ2) is 10.7. The molecule has 0 aliphatic heterocycles. The molecule has 0 amide bonds. The molecule has 0 aliphatic rings. The lowest BCUT2D eigenvalue weighted by Crippen LogP contribution is -2.28. The van der Waals surface area contributed by atoms with Crippen LogP contribution in [0, 0.1) is 5.92 Å². The van der Waals surface area contributed by atoms with E-state index in [1.807, 2.05) is 49.0 Å². The van der Waals surface area contributed by atoms with Crippen molar-refractivity contribution in [1.29, 1.82) is 0 Å². The molecule has 0 spiro atoms. The highest BCUT2D eigenvalue weighted by Gasteiger charge is 2.13. The van der Waals surface area contributed by atoms with E-state index < -0.39 is 0 Å². The average Bonchev–Trinajstić information content (AvgIpc) is 2.49. The van der Waals surface area contributed by atoms with Gasteiger partial charge in [-0.3, -0.25) is 4.79 Å². The first-order chi connectivity index (χ1) is 9.74. The Hall–Kier alpha value is -1.00. The van der Waals surface area contributed by atoms with E-state index in [9.17, 15) is 4.79 Å². The highest BCUT2D eigenvalue weighted by Crippen LogP contribution is 2.04. The predicted molar refractivity (Wildman–Crippen MR) is 85.9 cm³/mol. The van der Waals surface area contributed by atoms with Gasteiger partial charge in [-0.1, -0.05) is 37.3 Å². The summed E-state index contributed by atoms with van der Waals surface area (Å²) in [7, 11) is 0. The Morgan fingerprint density at radius 2 is 2.05 bits per heavy atom. The van der Waals surface area contributed by atoms with E-state index in [0.29, 0.717) is 13.2 Å². The lowest BCUT2D eigenvalue weighted by molar-refractivity contribution is -0.149. The summed E-state index contributed by atoms with van der Waals surface area (Å²) in [4.78, 5) is 11.8. The maximum atomic E-state index is 11.8. The van der Waals surface area contributed by atoms with E-state index in [-0.39, 0.29) is 11.9 Å². The van der Waals surface area contributed by atoms with Crippen molar-refractivity contribution in [3.05, 3.63) is 35.9 Å². The Kier molecular flexibility index (Phi) is 9.16. The second-order valence-corrected chi connectivity index (χ2v) is 5.88. The molecule has 1 N–H and O–H groups in total. The van der Waals surface area contributed by atoms with Gasteiger partial charge < -0.3 is 10.1 Å². The van der Waals surface area contributed by atoms with Crippen LogP contribution >= 0.6 is 11.8 Å². The third kappa shape index (κ3) is 7.56. The first-order valence-electron chi connectivity index (χ1n) is 7.14. The normalized spacial score (nSPS) is 12.1. The summed E-state index contributed by atoms with van der Waals surface area (Å²) >= 11 is 1.87. The highest BCUT2D eigenvalue weighted by atomic mass is 32.2. The van der Waals surface area contributed by atoms with Gasteiger partial charge in [0.05, 0.1) is 5.92 Å². The Morgan fingerprint density at radius 3 is 2.75 bits per heavy atom. The van der Waals surface area contributed by atoms with Crippen LogP contribution in [0.1, 0.15) is 25.3 Å². The molecule has 0 heterocycles. The van der Waals surface area contributed by atoms with Crippen molar-refractivity contribution in [1.82, 2.24) is 5.32 Å². The van der Waals surface area contributed by atoms with Crippen LogP contribution in [0.4, 0.5) is 0 Å². The Labute approximate surface area is 126 Å². The summed E-state index contributed by atoms with van der Waals surface area (Å²) in [5.74, 6) is 0.973. The van der Waals surface area contributed by atoms with Crippen molar-refractivity contribution in [2.24, 2.45) is 5.92 Å². The molecule has 0 saturated heterocycles. The molecule has 1 aromatic carbocycles. The zero-order chi connectivity index (χ0) is 14.6. The van der Waals surface area contributed by atoms with E-state index >= 15 is 0 Å². The summed E-state index contributed by atoms with van der Waals surface area (Å²) in [5, 5.41) is 3.31. The topological polar surface area (TPSA) is 38.3 Å². The lowest BCUT2D eigenvalue weighted by Gasteiger charge is -2.12. The molecule has 0 radical (unpaired) electrons. The fourth-order valence-electron chi connectivity index (χ4n) is 1.77. The summed E-state index contributed by atoms with van der Waals surface area (Å²) < 4.78 is 5.30. The van der Waals surface area contributed by atoms with E-state index in [1.54, 1.807) is 0 Å². The molecular weight excluding hydrogens is 270 g/mol. The van der Waals surface area contributed by atoms with Crippen LogP contribution in [0.15, 0.2) is 30.3 Å². The number of hydrogen-bond donors (Lipinski definition) is 1. The number of benzene rings is 1. The molecule has 1 unspecified atom stereocenters. The standard InChI is InChI=1S/C16H25NO2S/c1-14(12-17-10-6-7-11-20-2)16(18)19-13-15-8-4-3-5-9-15/h3-5,8-9,14,17H,6-7,10-13H2,1-2H3. The van der Waals surface area contributed by atoms with E-state index in [4.69, 9.17) is 4.74 Å². The third-order valence-corrected chi connectivity index (χ3v) is 3.73. The van der Waals surface area contributed by atoms with Gasteiger partial charge in [-0.25, -0.2) is 0 Å². The number of rotatable bonds is 10. The van der Waals surface area contributed by atoms with E-state index in [1.165, 1.54) is 12.2 Å². The minimum atomic E-state index is -0.134. The van der Waals surface area contributed by atoms with Crippen molar-refractivity contribution >= 4 is 17.7 Å². The van der Waals surface area contributed by atoms with Crippen LogP contribution in [-0.2, 0) is 16.1 Å². The molecule has 20 heavy (non-hydrogen) atoms. The van der Waals surface area contributed by atoms with Gasteiger partial charge in [0.2, 0.25) is 0 Å². The number of thioether (sulfide) groups is 1. The maximum Gasteiger partial charge on any atom is 0.310 e. The number of carbonyl (C=O) groups excluding carboxylic acids is 1. The molecule has 3 nitrogen and oxygen atoms in total. The molecule has 0 bridgehead atoms. The lowest BCUT2D eigenvalue weighted by atomic mass is 10.2. The van der Waals surface area contributed by atoms with Crippen LogP contribution in [0.2, 0.25) is 0 Å². The van der Waals surface area contributed by atoms with Crippen LogP contribution in [0.3, 0.4) is 0 Å². The number of hydrogen-bond acceptors (Lipinski definition) is 4. The third-order valence-electron chi connectivity index (χ3n) is 3.03. The first kappa shape index (κ1) is 17.1. The van der Waals surface area contributed by atoms with Gasteiger partial charge in [0.1, 0.15) is 6.61 Å². The molecule has 1 atom stereocenters. The van der Waals surface area contributed by atoms with Gasteiger partial charge in [0.15, 0.2) is 0 Å². The van der Waals surface area contributed by atoms with Gasteiger partial charge in [-0.05, 0) is 37.0 Å². The molecule has 0 aliphatic carbocycles. The van der Waals surface area contributed by atoms with E-state index in [0.717, 1.165) is 18.5 Å². The summed E-state index contributed by atoms with van der Waals surface area (Å²) in [6, 6.07) is 9.77. The van der Waals surface area contributed by atoms with Crippen molar-refractivity contribution in [3.63, 3.8) is 0 Å². The van der Waals surface area contributed by atoms with Crippen molar-refractivity contribution in [2.45, 2.75) is 26.4 Å². The first-order valence-corrected chi connectivity index (χ1v) is 8.53. The number of nitrogens with one attached hydrogen (secondary N) is 1. The SMILES string of the molecule is CSCCCCNCC(C)C(=O)OCc1ccccc1. The minimum Gasteiger partial charge on any atom is -0.461 e. The van der Waals surface area contributed by atoms with Crippen molar-refractivity contribution in [3.8, 4) is 0 Å².